The molecule has 0 fully saturated rings. The lowest BCUT2D eigenvalue weighted by molar-refractivity contribution is -0.121. The summed E-state index contributed by atoms with van der Waals surface area (Å²) >= 11 is 0. The average Bonchev–Trinajstić information content (AvgIpc) is 2.34. The Bertz CT molecular complexity index is 409. The van der Waals surface area contributed by atoms with Crippen LogP contribution < -0.4 is 21.1 Å². The van der Waals surface area contributed by atoms with E-state index in [2.05, 4.69) is 15.6 Å². The number of nitrogens with two attached hydrogens (primary N) is 1. The summed E-state index contributed by atoms with van der Waals surface area (Å²) in [5.74, 6) is 0.867. The molecule has 0 bridgehead atoms. The largest absolute Gasteiger partial charge is 0.476 e. The highest BCUT2D eigenvalue weighted by atomic mass is 16.5. The Labute approximate surface area is 107 Å². The van der Waals surface area contributed by atoms with E-state index in [0.29, 0.717) is 30.5 Å². The Hall–Kier alpha value is -1.98. The zero-order valence-electron chi connectivity index (χ0n) is 11.0. The molecular formula is C12H20N4O2. The van der Waals surface area contributed by atoms with Gasteiger partial charge >= 0.3 is 0 Å². The first-order valence-corrected chi connectivity index (χ1v) is 6.02. The molecule has 0 spiro atoms. The van der Waals surface area contributed by atoms with Crippen LogP contribution in [0.4, 0.5) is 11.5 Å². The van der Waals surface area contributed by atoms with E-state index in [-0.39, 0.29) is 11.9 Å². The summed E-state index contributed by atoms with van der Waals surface area (Å²) in [7, 11) is 0. The van der Waals surface area contributed by atoms with Crippen LogP contribution >= 0.6 is 0 Å². The molecule has 1 aromatic rings. The molecule has 0 saturated carbocycles. The zero-order valence-corrected chi connectivity index (χ0v) is 11.0. The molecule has 100 valence electrons. The van der Waals surface area contributed by atoms with Gasteiger partial charge in [-0.15, -0.1) is 0 Å². The number of nitrogen functional groups attached to an aromatic ring is 1. The predicted octanol–water partition coefficient (Wildman–Crippen LogP) is 0.999. The number of amides is 1. The van der Waals surface area contributed by atoms with Crippen molar-refractivity contribution in [1.82, 2.24) is 10.3 Å². The van der Waals surface area contributed by atoms with Crippen molar-refractivity contribution < 1.29 is 9.53 Å². The van der Waals surface area contributed by atoms with Crippen LogP contribution in [0.5, 0.6) is 5.88 Å². The fourth-order valence-corrected chi connectivity index (χ4v) is 1.40. The molecule has 0 aliphatic heterocycles. The number of likely N-dealkylation sites (N-methyl/N-ethyl adjacent to an activating group) is 1. The Kier molecular flexibility index (Phi) is 5.23. The maximum atomic E-state index is 11.6. The predicted molar refractivity (Wildman–Crippen MR) is 71.6 cm³/mol. The fourth-order valence-electron chi connectivity index (χ4n) is 1.40. The van der Waals surface area contributed by atoms with Crippen molar-refractivity contribution in [2.75, 3.05) is 24.2 Å². The van der Waals surface area contributed by atoms with Crippen LogP contribution in [0, 0.1) is 0 Å². The summed E-state index contributed by atoms with van der Waals surface area (Å²) in [6.45, 7) is 6.60. The smallest absolute Gasteiger partial charge is 0.242 e. The molecule has 1 aromatic heterocycles. The van der Waals surface area contributed by atoms with Gasteiger partial charge in [-0.1, -0.05) is 0 Å². The number of nitrogens with zero attached hydrogens (tertiary/aromatic N) is 1. The van der Waals surface area contributed by atoms with Crippen molar-refractivity contribution in [3.63, 3.8) is 0 Å². The highest BCUT2D eigenvalue weighted by Crippen LogP contribution is 2.21. The van der Waals surface area contributed by atoms with Crippen molar-refractivity contribution in [2.45, 2.75) is 26.8 Å². The van der Waals surface area contributed by atoms with Gasteiger partial charge in [0.25, 0.3) is 0 Å². The van der Waals surface area contributed by atoms with Gasteiger partial charge in [0, 0.05) is 6.54 Å². The van der Waals surface area contributed by atoms with Crippen LogP contribution in [0.15, 0.2) is 12.1 Å². The highest BCUT2D eigenvalue weighted by molar-refractivity contribution is 5.83. The number of rotatable bonds is 6. The van der Waals surface area contributed by atoms with E-state index in [4.69, 9.17) is 10.5 Å². The van der Waals surface area contributed by atoms with Gasteiger partial charge in [-0.25, -0.2) is 0 Å². The van der Waals surface area contributed by atoms with E-state index < -0.39 is 0 Å². The van der Waals surface area contributed by atoms with E-state index in [1.54, 1.807) is 19.1 Å². The molecule has 6 nitrogen and oxygen atoms in total. The van der Waals surface area contributed by atoms with Gasteiger partial charge in [-0.05, 0) is 32.9 Å². The summed E-state index contributed by atoms with van der Waals surface area (Å²) < 4.78 is 5.29. The molecule has 1 unspecified atom stereocenters. The molecule has 6 heteroatoms. The maximum Gasteiger partial charge on any atom is 0.242 e. The van der Waals surface area contributed by atoms with Crippen molar-refractivity contribution in [3.05, 3.63) is 12.1 Å². The SMILES string of the molecule is CCNC(=O)C(C)Nc1ccc(N)c(OCC)n1. The lowest BCUT2D eigenvalue weighted by atomic mass is 10.3. The average molecular weight is 252 g/mol. The summed E-state index contributed by atoms with van der Waals surface area (Å²) in [4.78, 5) is 15.8. The second-order valence-corrected chi connectivity index (χ2v) is 3.78. The molecule has 0 aliphatic rings. The van der Waals surface area contributed by atoms with E-state index in [0.717, 1.165) is 0 Å². The second kappa shape index (κ2) is 6.68. The molecule has 0 radical (unpaired) electrons. The van der Waals surface area contributed by atoms with E-state index in [9.17, 15) is 4.79 Å². The van der Waals surface area contributed by atoms with Crippen LogP contribution in [0.25, 0.3) is 0 Å². The van der Waals surface area contributed by atoms with Gasteiger partial charge < -0.3 is 21.1 Å². The first-order valence-electron chi connectivity index (χ1n) is 6.02. The minimum absolute atomic E-state index is 0.0749. The van der Waals surface area contributed by atoms with Crippen LogP contribution in [0.1, 0.15) is 20.8 Å². The minimum atomic E-state index is -0.365. The number of carbonyl (C=O) groups is 1. The minimum Gasteiger partial charge on any atom is -0.476 e. The standard InChI is InChI=1S/C12H20N4O2/c1-4-14-11(17)8(3)15-10-7-6-9(13)12(16-10)18-5-2/h6-8H,4-5,13H2,1-3H3,(H,14,17)(H,15,16). The quantitative estimate of drug-likeness (QED) is 0.702. The Morgan fingerprint density at radius 2 is 2.22 bits per heavy atom. The summed E-state index contributed by atoms with van der Waals surface area (Å²) in [5.41, 5.74) is 6.20. The molecule has 0 aromatic carbocycles. The van der Waals surface area contributed by atoms with Gasteiger partial charge in [-0.2, -0.15) is 4.98 Å². The lowest BCUT2D eigenvalue weighted by Crippen LogP contribution is -2.37. The Morgan fingerprint density at radius 3 is 2.83 bits per heavy atom. The summed E-state index contributed by atoms with van der Waals surface area (Å²) in [6.07, 6.45) is 0. The molecule has 1 amide bonds. The molecule has 1 rings (SSSR count). The first-order chi connectivity index (χ1) is 8.58. The molecular weight excluding hydrogens is 232 g/mol. The van der Waals surface area contributed by atoms with E-state index in [1.165, 1.54) is 0 Å². The summed E-state index contributed by atoms with van der Waals surface area (Å²) in [6, 6.07) is 3.05. The third kappa shape index (κ3) is 3.80. The fraction of sp³-hybridized carbons (Fsp3) is 0.500. The normalized spacial score (nSPS) is 11.7. The van der Waals surface area contributed by atoms with Crippen molar-refractivity contribution in [2.24, 2.45) is 0 Å². The van der Waals surface area contributed by atoms with Crippen LogP contribution in [-0.4, -0.2) is 30.1 Å². The topological polar surface area (TPSA) is 89.3 Å². The number of carbonyl (C=O) groups excluding carboxylic acids is 1. The molecule has 0 aliphatic carbocycles. The van der Waals surface area contributed by atoms with Crippen LogP contribution in [-0.2, 0) is 4.79 Å². The molecule has 0 saturated heterocycles. The van der Waals surface area contributed by atoms with Crippen LogP contribution in [0.3, 0.4) is 0 Å². The number of hydrogen-bond donors (Lipinski definition) is 3. The van der Waals surface area contributed by atoms with E-state index in [1.807, 2.05) is 13.8 Å². The van der Waals surface area contributed by atoms with Crippen molar-refractivity contribution in [3.8, 4) is 5.88 Å². The van der Waals surface area contributed by atoms with Gasteiger partial charge in [0.2, 0.25) is 11.8 Å². The number of pyridine rings is 1. The molecule has 18 heavy (non-hydrogen) atoms. The van der Waals surface area contributed by atoms with Gasteiger partial charge in [0.1, 0.15) is 11.9 Å². The van der Waals surface area contributed by atoms with Gasteiger partial charge in [0.15, 0.2) is 0 Å². The third-order valence-electron chi connectivity index (χ3n) is 2.28. The number of ether oxygens (including phenoxy) is 1. The second-order valence-electron chi connectivity index (χ2n) is 3.78. The number of hydrogen-bond acceptors (Lipinski definition) is 5. The van der Waals surface area contributed by atoms with Crippen molar-refractivity contribution in [1.29, 1.82) is 0 Å². The number of anilines is 2. The molecule has 4 N–H and O–H groups in total. The number of aromatic nitrogens is 1. The number of nitrogens with one attached hydrogen (secondary N) is 2. The highest BCUT2D eigenvalue weighted by Gasteiger charge is 2.12. The first kappa shape index (κ1) is 14.1. The third-order valence-corrected chi connectivity index (χ3v) is 2.28. The van der Waals surface area contributed by atoms with Crippen molar-refractivity contribution >= 4 is 17.4 Å². The molecule has 1 heterocycles. The van der Waals surface area contributed by atoms with Crippen LogP contribution in [0.2, 0.25) is 0 Å². The maximum absolute atomic E-state index is 11.6. The molecule has 1 atom stereocenters. The lowest BCUT2D eigenvalue weighted by Gasteiger charge is -2.15. The summed E-state index contributed by atoms with van der Waals surface area (Å²) in [5, 5.41) is 5.73. The Balaban J connectivity index is 2.72. The monoisotopic (exact) mass is 252 g/mol. The Morgan fingerprint density at radius 1 is 1.50 bits per heavy atom. The van der Waals surface area contributed by atoms with E-state index >= 15 is 0 Å². The van der Waals surface area contributed by atoms with Gasteiger partial charge in [0.05, 0.1) is 12.3 Å². The zero-order chi connectivity index (χ0) is 13.5. The van der Waals surface area contributed by atoms with Gasteiger partial charge in [-0.3, -0.25) is 4.79 Å².